The lowest BCUT2D eigenvalue weighted by Gasteiger charge is -2.34. The molecule has 3 nitrogen and oxygen atoms in total. The average Bonchev–Trinajstić information content (AvgIpc) is 2.45. The molecule has 0 aromatic rings. The Hall–Kier alpha value is -0.570. The lowest BCUT2D eigenvalue weighted by Crippen LogP contribution is -2.51. The zero-order valence-electron chi connectivity index (χ0n) is 6.62. The fourth-order valence-corrected chi connectivity index (χ4v) is 2.17. The minimum absolute atomic E-state index is 0.246. The topological polar surface area (TPSA) is 46.3 Å². The predicted molar refractivity (Wildman–Crippen MR) is 41.9 cm³/mol. The van der Waals surface area contributed by atoms with E-state index in [0.717, 1.165) is 25.8 Å². The van der Waals surface area contributed by atoms with Crippen LogP contribution in [0.1, 0.15) is 25.7 Å². The first-order chi connectivity index (χ1) is 5.29. The van der Waals surface area contributed by atoms with E-state index in [1.807, 2.05) is 4.90 Å². The quantitative estimate of drug-likeness (QED) is 0.538. The van der Waals surface area contributed by atoms with Gasteiger partial charge < -0.3 is 10.6 Å². The van der Waals surface area contributed by atoms with Crippen LogP contribution >= 0.6 is 0 Å². The number of amides is 1. The summed E-state index contributed by atoms with van der Waals surface area (Å²) in [5.74, 6) is 0.314. The molecule has 0 radical (unpaired) electrons. The van der Waals surface area contributed by atoms with E-state index in [-0.39, 0.29) is 6.04 Å². The summed E-state index contributed by atoms with van der Waals surface area (Å²) in [6.45, 7) is 0.942. The van der Waals surface area contributed by atoms with Crippen LogP contribution in [0.4, 0.5) is 0 Å². The molecule has 1 amide bonds. The van der Waals surface area contributed by atoms with Crippen LogP contribution in [0.15, 0.2) is 0 Å². The van der Waals surface area contributed by atoms with Gasteiger partial charge in [0.1, 0.15) is 0 Å². The highest BCUT2D eigenvalue weighted by Gasteiger charge is 2.36. The molecule has 2 aliphatic rings. The maximum Gasteiger partial charge on any atom is 0.222 e. The predicted octanol–water partition coefficient (Wildman–Crippen LogP) is 0.0985. The highest BCUT2D eigenvalue weighted by Crippen LogP contribution is 2.26. The van der Waals surface area contributed by atoms with Crippen LogP contribution in [0.25, 0.3) is 0 Å². The van der Waals surface area contributed by atoms with Crippen molar-refractivity contribution in [3.8, 4) is 0 Å². The third-order valence-corrected chi connectivity index (χ3v) is 2.81. The van der Waals surface area contributed by atoms with Crippen molar-refractivity contribution >= 4 is 5.91 Å². The molecule has 3 heteroatoms. The summed E-state index contributed by atoms with van der Waals surface area (Å²) in [5.41, 5.74) is 5.89. The largest absolute Gasteiger partial charge is 0.338 e. The molecule has 2 rings (SSSR count). The van der Waals surface area contributed by atoms with E-state index < -0.39 is 0 Å². The number of hydrogen-bond acceptors (Lipinski definition) is 2. The molecule has 0 saturated carbocycles. The van der Waals surface area contributed by atoms with Crippen LogP contribution in [0.5, 0.6) is 0 Å². The standard InChI is InChI=1S/C8H14N2O/c9-6-3-4-8(11)10-5-1-2-7(6)10/h6-7H,1-5,9H2. The van der Waals surface area contributed by atoms with Crippen molar-refractivity contribution in [1.29, 1.82) is 0 Å². The number of piperidine rings is 1. The minimum Gasteiger partial charge on any atom is -0.338 e. The van der Waals surface area contributed by atoms with Crippen molar-refractivity contribution in [2.45, 2.75) is 37.8 Å². The molecule has 2 saturated heterocycles. The fraction of sp³-hybridized carbons (Fsp3) is 0.875. The summed E-state index contributed by atoms with van der Waals surface area (Å²) in [6, 6.07) is 0.617. The summed E-state index contributed by atoms with van der Waals surface area (Å²) >= 11 is 0. The molecule has 0 bridgehead atoms. The number of nitrogens with zero attached hydrogens (tertiary/aromatic N) is 1. The first-order valence-electron chi connectivity index (χ1n) is 4.34. The number of carbonyl (C=O) groups is 1. The number of rotatable bonds is 0. The van der Waals surface area contributed by atoms with E-state index in [0.29, 0.717) is 18.4 Å². The van der Waals surface area contributed by atoms with Gasteiger partial charge in [0.2, 0.25) is 5.91 Å². The highest BCUT2D eigenvalue weighted by atomic mass is 16.2. The van der Waals surface area contributed by atoms with Crippen molar-refractivity contribution < 1.29 is 4.79 Å². The van der Waals surface area contributed by atoms with Gasteiger partial charge in [0.05, 0.1) is 0 Å². The molecule has 2 heterocycles. The average molecular weight is 154 g/mol. The Morgan fingerprint density at radius 1 is 1.45 bits per heavy atom. The van der Waals surface area contributed by atoms with Crippen LogP contribution in [-0.2, 0) is 4.79 Å². The normalized spacial score (nSPS) is 37.5. The second-order valence-electron chi connectivity index (χ2n) is 3.50. The number of nitrogens with two attached hydrogens (primary N) is 1. The van der Waals surface area contributed by atoms with Crippen molar-refractivity contribution in [3.05, 3.63) is 0 Å². The maximum absolute atomic E-state index is 11.3. The van der Waals surface area contributed by atoms with Gasteiger partial charge >= 0.3 is 0 Å². The van der Waals surface area contributed by atoms with Crippen molar-refractivity contribution in [1.82, 2.24) is 4.90 Å². The molecule has 62 valence electrons. The molecule has 2 aliphatic heterocycles. The maximum atomic E-state index is 11.3. The van der Waals surface area contributed by atoms with Gasteiger partial charge in [0.25, 0.3) is 0 Å². The zero-order valence-corrected chi connectivity index (χ0v) is 6.62. The van der Waals surface area contributed by atoms with E-state index in [4.69, 9.17) is 5.73 Å². The molecular weight excluding hydrogens is 140 g/mol. The Kier molecular flexibility index (Phi) is 1.60. The van der Waals surface area contributed by atoms with Crippen molar-refractivity contribution in [2.75, 3.05) is 6.54 Å². The highest BCUT2D eigenvalue weighted by molar-refractivity contribution is 5.77. The molecule has 2 atom stereocenters. The summed E-state index contributed by atoms with van der Waals surface area (Å²) < 4.78 is 0. The Balaban J connectivity index is 2.14. The Bertz CT molecular complexity index is 181. The van der Waals surface area contributed by atoms with Gasteiger partial charge in [-0.1, -0.05) is 0 Å². The van der Waals surface area contributed by atoms with Gasteiger partial charge in [-0.25, -0.2) is 0 Å². The first kappa shape index (κ1) is 7.10. The van der Waals surface area contributed by atoms with E-state index in [1.54, 1.807) is 0 Å². The molecule has 2 unspecified atom stereocenters. The second kappa shape index (κ2) is 2.48. The molecule has 2 fully saturated rings. The monoisotopic (exact) mass is 154 g/mol. The van der Waals surface area contributed by atoms with Gasteiger partial charge in [-0.15, -0.1) is 0 Å². The smallest absolute Gasteiger partial charge is 0.222 e. The molecule has 0 spiro atoms. The molecular formula is C8H14N2O. The number of hydrogen-bond donors (Lipinski definition) is 1. The van der Waals surface area contributed by atoms with E-state index in [2.05, 4.69) is 0 Å². The molecule has 0 aliphatic carbocycles. The van der Waals surface area contributed by atoms with Gasteiger partial charge in [-0.2, -0.15) is 0 Å². The summed E-state index contributed by atoms with van der Waals surface area (Å²) in [5, 5.41) is 0. The number of fused-ring (bicyclic) bond motifs is 1. The first-order valence-corrected chi connectivity index (χ1v) is 4.34. The fourth-order valence-electron chi connectivity index (χ4n) is 2.17. The zero-order chi connectivity index (χ0) is 7.84. The Morgan fingerprint density at radius 2 is 2.27 bits per heavy atom. The summed E-state index contributed by atoms with van der Waals surface area (Å²) in [7, 11) is 0. The Morgan fingerprint density at radius 3 is 3.00 bits per heavy atom. The van der Waals surface area contributed by atoms with Crippen LogP contribution in [0, 0.1) is 0 Å². The van der Waals surface area contributed by atoms with Crippen molar-refractivity contribution in [2.24, 2.45) is 5.73 Å². The molecule has 0 aromatic carbocycles. The van der Waals surface area contributed by atoms with E-state index >= 15 is 0 Å². The third-order valence-electron chi connectivity index (χ3n) is 2.81. The number of carbonyl (C=O) groups excluding carboxylic acids is 1. The van der Waals surface area contributed by atoms with Gasteiger partial charge in [0, 0.05) is 25.0 Å². The van der Waals surface area contributed by atoms with Crippen LogP contribution in [0.2, 0.25) is 0 Å². The SMILES string of the molecule is NC1CCC(=O)N2CCCC12. The summed E-state index contributed by atoms with van der Waals surface area (Å²) in [6.07, 6.45) is 3.81. The second-order valence-corrected chi connectivity index (χ2v) is 3.50. The van der Waals surface area contributed by atoms with Crippen LogP contribution < -0.4 is 5.73 Å². The van der Waals surface area contributed by atoms with Crippen LogP contribution in [-0.4, -0.2) is 29.4 Å². The van der Waals surface area contributed by atoms with Gasteiger partial charge in [0.15, 0.2) is 0 Å². The van der Waals surface area contributed by atoms with Gasteiger partial charge in [-0.05, 0) is 19.3 Å². The van der Waals surface area contributed by atoms with Crippen LogP contribution in [0.3, 0.4) is 0 Å². The third kappa shape index (κ3) is 1.03. The van der Waals surface area contributed by atoms with Gasteiger partial charge in [-0.3, -0.25) is 4.79 Å². The van der Waals surface area contributed by atoms with E-state index in [9.17, 15) is 4.79 Å². The lowest BCUT2D eigenvalue weighted by molar-refractivity contribution is -0.135. The molecule has 2 N–H and O–H groups in total. The molecule has 11 heavy (non-hydrogen) atoms. The van der Waals surface area contributed by atoms with Crippen molar-refractivity contribution in [3.63, 3.8) is 0 Å². The minimum atomic E-state index is 0.246. The van der Waals surface area contributed by atoms with E-state index in [1.165, 1.54) is 0 Å². The lowest BCUT2D eigenvalue weighted by atomic mass is 9.97. The summed E-state index contributed by atoms with van der Waals surface area (Å²) in [4.78, 5) is 13.3. The Labute approximate surface area is 66.5 Å². The molecule has 0 aromatic heterocycles.